The van der Waals surface area contributed by atoms with Crippen LogP contribution in [0.15, 0.2) is 11.7 Å². The highest BCUT2D eigenvalue weighted by Gasteiger charge is 2.16. The van der Waals surface area contributed by atoms with Crippen LogP contribution < -0.4 is 5.32 Å². The van der Waals surface area contributed by atoms with E-state index in [9.17, 15) is 4.79 Å². The minimum Gasteiger partial charge on any atom is -0.378 e. The molecule has 1 aliphatic heterocycles. The molecule has 7 heteroatoms. The molecular formula is C14H18N4O2S. The molecule has 6 nitrogen and oxygen atoms in total. The predicted molar refractivity (Wildman–Crippen MR) is 82.7 cm³/mol. The number of rotatable bonds is 4. The first-order chi connectivity index (χ1) is 10.3. The number of hydrogen-bond acceptors (Lipinski definition) is 6. The normalized spacial score (nSPS) is 15.4. The molecule has 0 aromatic carbocycles. The number of fused-ring (bicyclic) bond motifs is 1. The molecule has 0 spiro atoms. The van der Waals surface area contributed by atoms with Crippen LogP contribution in [0.3, 0.4) is 0 Å². The van der Waals surface area contributed by atoms with E-state index < -0.39 is 0 Å². The first-order valence-electron chi connectivity index (χ1n) is 7.04. The van der Waals surface area contributed by atoms with Gasteiger partial charge in [0, 0.05) is 26.1 Å². The Hall–Kier alpha value is -1.73. The summed E-state index contributed by atoms with van der Waals surface area (Å²) in [7, 11) is 0. The van der Waals surface area contributed by atoms with Crippen LogP contribution in [0.1, 0.15) is 12.0 Å². The Morgan fingerprint density at radius 2 is 2.24 bits per heavy atom. The van der Waals surface area contributed by atoms with Crippen LogP contribution in [0.2, 0.25) is 0 Å². The van der Waals surface area contributed by atoms with Crippen molar-refractivity contribution in [3.8, 4) is 0 Å². The van der Waals surface area contributed by atoms with Gasteiger partial charge in [-0.2, -0.15) is 0 Å². The lowest BCUT2D eigenvalue weighted by atomic mass is 10.3. The Morgan fingerprint density at radius 3 is 3.05 bits per heavy atom. The highest BCUT2D eigenvalue weighted by Crippen LogP contribution is 2.28. The molecular weight excluding hydrogens is 288 g/mol. The Balaban J connectivity index is 1.58. The molecule has 0 unspecified atom stereocenters. The molecule has 2 aromatic heterocycles. The number of carbonyl (C=O) groups is 1. The van der Waals surface area contributed by atoms with Crippen molar-refractivity contribution in [1.82, 2.24) is 14.9 Å². The number of nitrogens with zero attached hydrogens (tertiary/aromatic N) is 3. The summed E-state index contributed by atoms with van der Waals surface area (Å²) < 4.78 is 6.30. The lowest BCUT2D eigenvalue weighted by Gasteiger charge is -2.26. The lowest BCUT2D eigenvalue weighted by Crippen LogP contribution is -2.41. The highest BCUT2D eigenvalue weighted by molar-refractivity contribution is 7.18. The number of anilines is 1. The lowest BCUT2D eigenvalue weighted by molar-refractivity contribution is -0.134. The highest BCUT2D eigenvalue weighted by atomic mass is 32.1. The average Bonchev–Trinajstić information content (AvgIpc) is 2.91. The smallest absolute Gasteiger partial charge is 0.224 e. The van der Waals surface area contributed by atoms with Gasteiger partial charge in [0.2, 0.25) is 5.91 Å². The number of ether oxygens (including phenoxy) is 1. The van der Waals surface area contributed by atoms with E-state index in [1.54, 1.807) is 17.7 Å². The molecule has 0 atom stereocenters. The third kappa shape index (κ3) is 3.14. The van der Waals surface area contributed by atoms with Crippen molar-refractivity contribution in [1.29, 1.82) is 0 Å². The number of hydrogen-bond donors (Lipinski definition) is 1. The summed E-state index contributed by atoms with van der Waals surface area (Å²) in [4.78, 5) is 22.5. The minimum atomic E-state index is 0.165. The molecule has 0 aliphatic carbocycles. The third-order valence-corrected chi connectivity index (χ3v) is 4.62. The van der Waals surface area contributed by atoms with E-state index in [4.69, 9.17) is 4.74 Å². The topological polar surface area (TPSA) is 67.4 Å². The van der Waals surface area contributed by atoms with Crippen LogP contribution >= 0.6 is 11.3 Å². The van der Waals surface area contributed by atoms with Gasteiger partial charge < -0.3 is 15.0 Å². The molecule has 1 saturated heterocycles. The predicted octanol–water partition coefficient (Wildman–Crippen LogP) is 1.66. The van der Waals surface area contributed by atoms with Crippen molar-refractivity contribution in [2.75, 3.05) is 38.2 Å². The van der Waals surface area contributed by atoms with Crippen molar-refractivity contribution in [3.05, 3.63) is 17.3 Å². The molecule has 2 aromatic rings. The molecule has 0 bridgehead atoms. The number of amides is 1. The van der Waals surface area contributed by atoms with Gasteiger partial charge in [0.15, 0.2) is 0 Å². The molecule has 0 saturated carbocycles. The summed E-state index contributed by atoms with van der Waals surface area (Å²) in [5.74, 6) is 0.978. The van der Waals surface area contributed by atoms with Crippen LogP contribution in [0, 0.1) is 6.92 Å². The van der Waals surface area contributed by atoms with Crippen molar-refractivity contribution < 1.29 is 9.53 Å². The number of carbonyl (C=O) groups excluding carboxylic acids is 1. The van der Waals surface area contributed by atoms with Crippen molar-refractivity contribution in [3.63, 3.8) is 0 Å². The summed E-state index contributed by atoms with van der Waals surface area (Å²) >= 11 is 1.63. The number of nitrogens with one attached hydrogen (secondary N) is 1. The maximum atomic E-state index is 12.1. The maximum absolute atomic E-state index is 12.1. The minimum absolute atomic E-state index is 0.165. The number of aromatic nitrogens is 2. The summed E-state index contributed by atoms with van der Waals surface area (Å²) in [5.41, 5.74) is 2.14. The molecule has 0 radical (unpaired) electrons. The first kappa shape index (κ1) is 14.2. The zero-order valence-electron chi connectivity index (χ0n) is 12.0. The molecule has 112 valence electrons. The monoisotopic (exact) mass is 306 g/mol. The van der Waals surface area contributed by atoms with E-state index in [1.807, 2.05) is 11.8 Å². The van der Waals surface area contributed by atoms with E-state index >= 15 is 0 Å². The standard InChI is InChI=1S/C14H18N4O2S/c1-10-8-21-13-12(10)16-9-17-14(13)15-3-2-11(19)18-4-6-20-7-5-18/h8-9H,2-7H2,1H3,(H,15,16,17). The second-order valence-electron chi connectivity index (χ2n) is 4.99. The zero-order valence-corrected chi connectivity index (χ0v) is 12.8. The molecule has 1 aliphatic rings. The fraction of sp³-hybridized carbons (Fsp3) is 0.500. The quantitative estimate of drug-likeness (QED) is 0.930. The van der Waals surface area contributed by atoms with Gasteiger partial charge in [-0.1, -0.05) is 0 Å². The molecule has 3 rings (SSSR count). The van der Waals surface area contributed by atoms with Crippen LogP contribution in [0.4, 0.5) is 5.82 Å². The molecule has 1 amide bonds. The van der Waals surface area contributed by atoms with Gasteiger partial charge in [0.05, 0.1) is 23.4 Å². The summed E-state index contributed by atoms with van der Waals surface area (Å²) in [6.07, 6.45) is 2.03. The summed E-state index contributed by atoms with van der Waals surface area (Å²) in [6, 6.07) is 0. The fourth-order valence-corrected chi connectivity index (χ4v) is 3.32. The molecule has 1 fully saturated rings. The van der Waals surface area contributed by atoms with E-state index in [0.29, 0.717) is 39.3 Å². The van der Waals surface area contributed by atoms with Crippen molar-refractivity contribution in [2.24, 2.45) is 0 Å². The van der Waals surface area contributed by atoms with Crippen LogP contribution in [-0.2, 0) is 9.53 Å². The van der Waals surface area contributed by atoms with Crippen LogP contribution in [0.5, 0.6) is 0 Å². The Labute approximate surface area is 127 Å². The van der Waals surface area contributed by atoms with Gasteiger partial charge in [-0.3, -0.25) is 4.79 Å². The Kier molecular flexibility index (Phi) is 4.31. The summed E-state index contributed by atoms with van der Waals surface area (Å²) in [6.45, 7) is 5.29. The van der Waals surface area contributed by atoms with Gasteiger partial charge in [0.25, 0.3) is 0 Å². The molecule has 3 heterocycles. The Bertz CT molecular complexity index is 637. The van der Waals surface area contributed by atoms with E-state index in [2.05, 4.69) is 20.7 Å². The second kappa shape index (κ2) is 6.36. The Morgan fingerprint density at radius 1 is 1.43 bits per heavy atom. The van der Waals surface area contributed by atoms with Crippen LogP contribution in [-0.4, -0.2) is 53.6 Å². The van der Waals surface area contributed by atoms with Crippen molar-refractivity contribution in [2.45, 2.75) is 13.3 Å². The van der Waals surface area contributed by atoms with Gasteiger partial charge in [-0.05, 0) is 17.9 Å². The SMILES string of the molecule is Cc1csc2c(NCCC(=O)N3CCOCC3)ncnc12. The summed E-state index contributed by atoms with van der Waals surface area (Å²) in [5, 5.41) is 5.32. The molecule has 21 heavy (non-hydrogen) atoms. The zero-order chi connectivity index (χ0) is 14.7. The molecule has 1 N–H and O–H groups in total. The third-order valence-electron chi connectivity index (χ3n) is 3.53. The maximum Gasteiger partial charge on any atom is 0.224 e. The van der Waals surface area contributed by atoms with Crippen molar-refractivity contribution >= 4 is 33.3 Å². The second-order valence-corrected chi connectivity index (χ2v) is 5.87. The van der Waals surface area contributed by atoms with Gasteiger partial charge in [0.1, 0.15) is 12.1 Å². The number of aryl methyl sites for hydroxylation is 1. The average molecular weight is 306 g/mol. The first-order valence-corrected chi connectivity index (χ1v) is 7.92. The van der Waals surface area contributed by atoms with E-state index in [1.165, 1.54) is 0 Å². The number of morpholine rings is 1. The van der Waals surface area contributed by atoms with E-state index in [-0.39, 0.29) is 5.91 Å². The van der Waals surface area contributed by atoms with Gasteiger partial charge in [-0.15, -0.1) is 11.3 Å². The van der Waals surface area contributed by atoms with Crippen LogP contribution in [0.25, 0.3) is 10.2 Å². The fourth-order valence-electron chi connectivity index (χ4n) is 2.35. The van der Waals surface area contributed by atoms with Gasteiger partial charge in [-0.25, -0.2) is 9.97 Å². The largest absolute Gasteiger partial charge is 0.378 e. The van der Waals surface area contributed by atoms with E-state index in [0.717, 1.165) is 21.6 Å². The van der Waals surface area contributed by atoms with Gasteiger partial charge >= 0.3 is 0 Å². The number of thiophene rings is 1.